The van der Waals surface area contributed by atoms with Crippen LogP contribution < -0.4 is 0 Å². The second-order valence-electron chi connectivity index (χ2n) is 3.62. The Labute approximate surface area is 113 Å². The van der Waals surface area contributed by atoms with Crippen molar-refractivity contribution in [2.24, 2.45) is 0 Å². The molecule has 0 aromatic heterocycles. The van der Waals surface area contributed by atoms with E-state index in [0.717, 1.165) is 0 Å². The first kappa shape index (κ1) is 14.6. The lowest BCUT2D eigenvalue weighted by Crippen LogP contribution is -2.30. The van der Waals surface area contributed by atoms with Crippen molar-refractivity contribution in [1.82, 2.24) is 4.90 Å². The number of halogens is 1. The van der Waals surface area contributed by atoms with Crippen LogP contribution in [0.3, 0.4) is 0 Å². The lowest BCUT2D eigenvalue weighted by Gasteiger charge is -2.17. The summed E-state index contributed by atoms with van der Waals surface area (Å²) in [6.07, 6.45) is 0. The van der Waals surface area contributed by atoms with E-state index < -0.39 is 4.92 Å². The molecule has 0 bridgehead atoms. The van der Waals surface area contributed by atoms with Gasteiger partial charge >= 0.3 is 0 Å². The molecule has 1 amide bonds. The second-order valence-corrected chi connectivity index (χ2v) is 4.41. The van der Waals surface area contributed by atoms with Gasteiger partial charge in [-0.15, -0.1) is 0 Å². The molecule has 1 rings (SSSR count). The van der Waals surface area contributed by atoms with Crippen molar-refractivity contribution >= 4 is 27.5 Å². The van der Waals surface area contributed by atoms with Gasteiger partial charge in [-0.3, -0.25) is 14.9 Å². The fourth-order valence-corrected chi connectivity index (χ4v) is 1.94. The summed E-state index contributed by atoms with van der Waals surface area (Å²) < 4.78 is 5.08. The summed E-state index contributed by atoms with van der Waals surface area (Å²) in [4.78, 5) is 23.8. The fraction of sp³-hybridized carbons (Fsp3) is 0.364. The van der Waals surface area contributed by atoms with Crippen molar-refractivity contribution in [3.05, 3.63) is 38.3 Å². The van der Waals surface area contributed by atoms with Crippen molar-refractivity contribution in [2.75, 3.05) is 27.3 Å². The average molecular weight is 317 g/mol. The molecule has 6 nitrogen and oxygen atoms in total. The Morgan fingerprint density at radius 3 is 2.78 bits per heavy atom. The molecule has 7 heteroatoms. The molecule has 98 valence electrons. The van der Waals surface area contributed by atoms with Gasteiger partial charge < -0.3 is 9.64 Å². The Morgan fingerprint density at radius 1 is 1.56 bits per heavy atom. The number of methoxy groups -OCH3 is 1. The summed E-state index contributed by atoms with van der Waals surface area (Å²) in [7, 11) is 3.16. The molecule has 0 spiro atoms. The second kappa shape index (κ2) is 6.46. The van der Waals surface area contributed by atoms with Gasteiger partial charge in [0.15, 0.2) is 0 Å². The zero-order chi connectivity index (χ0) is 13.7. The van der Waals surface area contributed by atoms with E-state index in [0.29, 0.717) is 13.2 Å². The van der Waals surface area contributed by atoms with E-state index in [1.807, 2.05) is 0 Å². The zero-order valence-corrected chi connectivity index (χ0v) is 11.6. The largest absolute Gasteiger partial charge is 0.383 e. The fourth-order valence-electron chi connectivity index (χ4n) is 1.36. The highest BCUT2D eigenvalue weighted by Crippen LogP contribution is 2.28. The van der Waals surface area contributed by atoms with Crippen LogP contribution in [-0.4, -0.2) is 43.0 Å². The van der Waals surface area contributed by atoms with Crippen LogP contribution in [0.15, 0.2) is 22.7 Å². The minimum absolute atomic E-state index is 0.124. The number of carbonyl (C=O) groups is 1. The Hall–Kier alpha value is -1.47. The third-order valence-electron chi connectivity index (χ3n) is 2.38. The van der Waals surface area contributed by atoms with Gasteiger partial charge in [0.1, 0.15) is 4.47 Å². The van der Waals surface area contributed by atoms with E-state index in [-0.39, 0.29) is 21.6 Å². The average Bonchev–Trinajstić information content (AvgIpc) is 2.35. The molecule has 0 radical (unpaired) electrons. The number of benzene rings is 1. The van der Waals surface area contributed by atoms with Gasteiger partial charge in [-0.1, -0.05) is 6.07 Å². The highest BCUT2D eigenvalue weighted by Gasteiger charge is 2.21. The third-order valence-corrected chi connectivity index (χ3v) is 3.22. The van der Waals surface area contributed by atoms with Crippen LogP contribution in [0.5, 0.6) is 0 Å². The summed E-state index contributed by atoms with van der Waals surface area (Å²) in [6, 6.07) is 4.37. The predicted octanol–water partition coefficient (Wildman–Crippen LogP) is 2.08. The maximum Gasteiger partial charge on any atom is 0.284 e. The molecular formula is C11H13BrN2O4. The first-order valence-corrected chi connectivity index (χ1v) is 5.95. The van der Waals surface area contributed by atoms with E-state index in [1.165, 1.54) is 17.0 Å². The summed E-state index contributed by atoms with van der Waals surface area (Å²) in [6.45, 7) is 0.833. The van der Waals surface area contributed by atoms with E-state index in [4.69, 9.17) is 4.74 Å². The summed E-state index contributed by atoms with van der Waals surface area (Å²) in [5.74, 6) is -0.289. The van der Waals surface area contributed by atoms with Crippen LogP contribution >= 0.6 is 15.9 Å². The highest BCUT2D eigenvalue weighted by molar-refractivity contribution is 9.10. The van der Waals surface area contributed by atoms with Crippen molar-refractivity contribution in [3.63, 3.8) is 0 Å². The zero-order valence-electron chi connectivity index (χ0n) is 10.1. The number of carbonyl (C=O) groups excluding carboxylic acids is 1. The van der Waals surface area contributed by atoms with Gasteiger partial charge in [0, 0.05) is 26.8 Å². The van der Waals surface area contributed by atoms with Crippen molar-refractivity contribution in [1.29, 1.82) is 0 Å². The molecule has 0 saturated carbocycles. The van der Waals surface area contributed by atoms with Crippen molar-refractivity contribution < 1.29 is 14.5 Å². The lowest BCUT2D eigenvalue weighted by atomic mass is 10.2. The number of amides is 1. The van der Waals surface area contributed by atoms with Crippen molar-refractivity contribution in [3.8, 4) is 0 Å². The Bertz CT molecular complexity index is 464. The van der Waals surface area contributed by atoms with E-state index in [9.17, 15) is 14.9 Å². The molecule has 0 fully saturated rings. The molecule has 1 aromatic carbocycles. The summed E-state index contributed by atoms with van der Waals surface area (Å²) in [5, 5.41) is 10.8. The number of nitrogens with zero attached hydrogens (tertiary/aromatic N) is 2. The van der Waals surface area contributed by atoms with Gasteiger partial charge in [0.05, 0.1) is 17.1 Å². The van der Waals surface area contributed by atoms with Crippen LogP contribution in [0.2, 0.25) is 0 Å². The molecule has 1 aromatic rings. The Kier molecular flexibility index (Phi) is 5.24. The quantitative estimate of drug-likeness (QED) is 0.616. The molecular weight excluding hydrogens is 304 g/mol. The standard InChI is InChI=1S/C11H13BrN2O4/c1-13(6-7-18-2)11(15)8-4-3-5-9(10(8)12)14(16)17/h3-5H,6-7H2,1-2H3. The van der Waals surface area contributed by atoms with Crippen molar-refractivity contribution in [2.45, 2.75) is 0 Å². The number of likely N-dealkylation sites (N-methyl/N-ethyl adjacent to an activating group) is 1. The topological polar surface area (TPSA) is 72.7 Å². The van der Waals surface area contributed by atoms with Gasteiger partial charge in [-0.25, -0.2) is 0 Å². The van der Waals surface area contributed by atoms with Crippen LogP contribution in [0.4, 0.5) is 5.69 Å². The van der Waals surface area contributed by atoms with Crippen LogP contribution in [0, 0.1) is 10.1 Å². The molecule has 0 unspecified atom stereocenters. The molecule has 0 saturated heterocycles. The first-order valence-electron chi connectivity index (χ1n) is 5.16. The number of hydrogen-bond donors (Lipinski definition) is 0. The molecule has 0 atom stereocenters. The minimum Gasteiger partial charge on any atom is -0.383 e. The smallest absolute Gasteiger partial charge is 0.284 e. The molecule has 0 aliphatic carbocycles. The first-order chi connectivity index (χ1) is 8.49. The van der Waals surface area contributed by atoms with Crippen LogP contribution in [0.25, 0.3) is 0 Å². The number of nitro benzene ring substituents is 1. The molecule has 0 heterocycles. The van der Waals surface area contributed by atoms with E-state index >= 15 is 0 Å². The van der Waals surface area contributed by atoms with Gasteiger partial charge in [0.2, 0.25) is 0 Å². The Balaban J connectivity index is 2.99. The maximum absolute atomic E-state index is 12.1. The van der Waals surface area contributed by atoms with Gasteiger partial charge in [-0.2, -0.15) is 0 Å². The molecule has 18 heavy (non-hydrogen) atoms. The van der Waals surface area contributed by atoms with Gasteiger partial charge in [-0.05, 0) is 22.0 Å². The number of nitro groups is 1. The highest BCUT2D eigenvalue weighted by atomic mass is 79.9. The SMILES string of the molecule is COCCN(C)C(=O)c1cccc([N+](=O)[O-])c1Br. The lowest BCUT2D eigenvalue weighted by molar-refractivity contribution is -0.385. The molecule has 0 aliphatic heterocycles. The minimum atomic E-state index is -0.532. The monoisotopic (exact) mass is 316 g/mol. The van der Waals surface area contributed by atoms with Crippen LogP contribution in [0.1, 0.15) is 10.4 Å². The predicted molar refractivity (Wildman–Crippen MR) is 69.6 cm³/mol. The van der Waals surface area contributed by atoms with E-state index in [2.05, 4.69) is 15.9 Å². The normalized spacial score (nSPS) is 10.2. The van der Waals surface area contributed by atoms with Crippen LogP contribution in [-0.2, 0) is 4.74 Å². The summed E-state index contributed by atoms with van der Waals surface area (Å²) in [5.41, 5.74) is 0.142. The maximum atomic E-state index is 12.1. The number of rotatable bonds is 5. The third kappa shape index (κ3) is 3.27. The number of hydrogen-bond acceptors (Lipinski definition) is 4. The summed E-state index contributed by atoms with van der Waals surface area (Å²) >= 11 is 3.10. The molecule has 0 aliphatic rings. The number of ether oxygens (including phenoxy) is 1. The molecule has 0 N–H and O–H groups in total. The Morgan fingerprint density at radius 2 is 2.22 bits per heavy atom. The van der Waals surface area contributed by atoms with E-state index in [1.54, 1.807) is 20.2 Å². The van der Waals surface area contributed by atoms with Gasteiger partial charge in [0.25, 0.3) is 11.6 Å².